The molecule has 2 aromatic rings. The fraction of sp³-hybridized carbons (Fsp3) is 0.167. The van der Waals surface area contributed by atoms with Gasteiger partial charge in [0.25, 0.3) is 0 Å². The lowest BCUT2D eigenvalue weighted by Gasteiger charge is -2.09. The van der Waals surface area contributed by atoms with Gasteiger partial charge in [-0.05, 0) is 48.4 Å². The topological polar surface area (TPSA) is 33.0 Å². The smallest absolute Gasteiger partial charge is 0.416 e. The van der Waals surface area contributed by atoms with Gasteiger partial charge in [-0.15, -0.1) is 0 Å². The second-order valence-corrected chi connectivity index (χ2v) is 5.28. The quantitative estimate of drug-likeness (QED) is 0.513. The van der Waals surface area contributed by atoms with Crippen LogP contribution in [0.1, 0.15) is 23.6 Å². The summed E-state index contributed by atoms with van der Waals surface area (Å²) in [6, 6.07) is 11.5. The molecule has 0 saturated heterocycles. The molecular formula is C18H13ClF3NO. The van der Waals surface area contributed by atoms with Crippen molar-refractivity contribution in [3.05, 3.63) is 64.2 Å². The number of alkyl halides is 3. The molecule has 0 radical (unpaired) electrons. The summed E-state index contributed by atoms with van der Waals surface area (Å²) in [6.45, 7) is 2.29. The normalized spacial score (nSPS) is 11.9. The van der Waals surface area contributed by atoms with E-state index in [1.54, 1.807) is 18.2 Å². The summed E-state index contributed by atoms with van der Waals surface area (Å²) in [5.41, 5.74) is 0.0990. The van der Waals surface area contributed by atoms with Crippen molar-refractivity contribution in [2.24, 2.45) is 0 Å². The van der Waals surface area contributed by atoms with Gasteiger partial charge in [-0.1, -0.05) is 29.8 Å². The van der Waals surface area contributed by atoms with Gasteiger partial charge in [-0.25, -0.2) is 0 Å². The third-order valence-corrected chi connectivity index (χ3v) is 3.48. The predicted octanol–water partition coefficient (Wildman–Crippen LogP) is 5.82. The second kappa shape index (κ2) is 7.41. The third kappa shape index (κ3) is 4.30. The second-order valence-electron chi connectivity index (χ2n) is 4.87. The molecule has 0 spiro atoms. The van der Waals surface area contributed by atoms with Crippen LogP contribution in [0.5, 0.6) is 5.75 Å². The number of allylic oxidation sites excluding steroid dienone is 1. The maximum Gasteiger partial charge on any atom is 0.416 e. The minimum atomic E-state index is -4.46. The van der Waals surface area contributed by atoms with E-state index in [1.165, 1.54) is 18.2 Å². The van der Waals surface area contributed by atoms with Crippen LogP contribution in [0.2, 0.25) is 5.02 Å². The van der Waals surface area contributed by atoms with Crippen LogP contribution < -0.4 is 4.74 Å². The molecule has 0 atom stereocenters. The lowest BCUT2D eigenvalue weighted by atomic mass is 10.0. The zero-order valence-electron chi connectivity index (χ0n) is 12.7. The molecule has 0 unspecified atom stereocenters. The van der Waals surface area contributed by atoms with Gasteiger partial charge in [-0.3, -0.25) is 0 Å². The van der Waals surface area contributed by atoms with Crippen molar-refractivity contribution in [2.75, 3.05) is 6.61 Å². The summed E-state index contributed by atoms with van der Waals surface area (Å²) in [5, 5.41) is 9.65. The predicted molar refractivity (Wildman–Crippen MR) is 87.5 cm³/mol. The van der Waals surface area contributed by atoms with Gasteiger partial charge in [0.05, 0.1) is 28.8 Å². The number of benzene rings is 2. The molecule has 0 aromatic heterocycles. The molecule has 6 heteroatoms. The largest absolute Gasteiger partial charge is 0.492 e. The van der Waals surface area contributed by atoms with Gasteiger partial charge in [0, 0.05) is 0 Å². The molecule has 2 nitrogen and oxygen atoms in total. The molecule has 0 aliphatic rings. The van der Waals surface area contributed by atoms with E-state index in [4.69, 9.17) is 16.3 Å². The molecule has 0 fully saturated rings. The van der Waals surface area contributed by atoms with Crippen molar-refractivity contribution >= 4 is 23.3 Å². The highest BCUT2D eigenvalue weighted by Gasteiger charge is 2.30. The van der Waals surface area contributed by atoms with E-state index in [0.29, 0.717) is 22.9 Å². The van der Waals surface area contributed by atoms with Crippen LogP contribution in [-0.2, 0) is 6.18 Å². The Balaban J connectivity index is 2.40. The molecule has 0 saturated carbocycles. The average Bonchev–Trinajstić information content (AvgIpc) is 2.54. The maximum atomic E-state index is 12.8. The first-order chi connectivity index (χ1) is 11.3. The lowest BCUT2D eigenvalue weighted by Crippen LogP contribution is -2.04. The van der Waals surface area contributed by atoms with E-state index in [9.17, 15) is 18.4 Å². The van der Waals surface area contributed by atoms with Crippen molar-refractivity contribution in [3.63, 3.8) is 0 Å². The van der Waals surface area contributed by atoms with Gasteiger partial charge in [0.15, 0.2) is 0 Å². The van der Waals surface area contributed by atoms with E-state index in [2.05, 4.69) is 0 Å². The Morgan fingerprint density at radius 1 is 1.25 bits per heavy atom. The monoisotopic (exact) mass is 351 g/mol. The summed E-state index contributed by atoms with van der Waals surface area (Å²) >= 11 is 6.08. The number of hydrogen-bond acceptors (Lipinski definition) is 2. The van der Waals surface area contributed by atoms with Crippen LogP contribution in [0, 0.1) is 11.3 Å². The molecule has 2 rings (SSSR count). The van der Waals surface area contributed by atoms with Crippen LogP contribution in [0.15, 0.2) is 42.5 Å². The standard InChI is InChI=1S/C18H13ClF3NO/c1-2-24-17-7-6-12(9-16(17)19)8-14(11-23)13-4-3-5-15(10-13)18(20,21)22/h3-10H,2H2,1H3/b14-8-. The number of nitrogens with zero attached hydrogens (tertiary/aromatic N) is 1. The van der Waals surface area contributed by atoms with Crippen LogP contribution >= 0.6 is 11.6 Å². The van der Waals surface area contributed by atoms with E-state index < -0.39 is 11.7 Å². The SMILES string of the molecule is CCOc1ccc(/C=C(/C#N)c2cccc(C(F)(F)F)c2)cc1Cl. The number of nitriles is 1. The van der Waals surface area contributed by atoms with Crippen molar-refractivity contribution in [1.29, 1.82) is 5.26 Å². The highest BCUT2D eigenvalue weighted by molar-refractivity contribution is 6.32. The van der Waals surface area contributed by atoms with E-state index in [0.717, 1.165) is 12.1 Å². The van der Waals surface area contributed by atoms with Crippen LogP contribution in [-0.4, -0.2) is 6.61 Å². The molecule has 0 heterocycles. The molecular weight excluding hydrogens is 339 g/mol. The Labute approximate surface area is 142 Å². The summed E-state index contributed by atoms with van der Waals surface area (Å²) in [6.07, 6.45) is -2.98. The Kier molecular flexibility index (Phi) is 5.53. The summed E-state index contributed by atoms with van der Waals surface area (Å²) in [7, 11) is 0. The lowest BCUT2D eigenvalue weighted by molar-refractivity contribution is -0.137. The summed E-state index contributed by atoms with van der Waals surface area (Å²) < 4.78 is 43.7. The molecule has 0 aliphatic heterocycles. The molecule has 2 aromatic carbocycles. The van der Waals surface area contributed by atoms with Crippen molar-refractivity contribution in [1.82, 2.24) is 0 Å². The zero-order valence-corrected chi connectivity index (χ0v) is 13.4. The first kappa shape index (κ1) is 17.9. The zero-order chi connectivity index (χ0) is 17.7. The van der Waals surface area contributed by atoms with Crippen molar-refractivity contribution < 1.29 is 17.9 Å². The minimum Gasteiger partial charge on any atom is -0.492 e. The van der Waals surface area contributed by atoms with Gasteiger partial charge in [0.1, 0.15) is 5.75 Å². The van der Waals surface area contributed by atoms with Gasteiger partial charge < -0.3 is 4.74 Å². The number of hydrogen-bond donors (Lipinski definition) is 0. The Morgan fingerprint density at radius 2 is 2.00 bits per heavy atom. The minimum absolute atomic E-state index is 0.112. The Bertz CT molecular complexity index is 807. The molecule has 24 heavy (non-hydrogen) atoms. The summed E-state index contributed by atoms with van der Waals surface area (Å²) in [5.74, 6) is 0.508. The molecule has 0 N–H and O–H groups in total. The highest BCUT2D eigenvalue weighted by atomic mass is 35.5. The maximum absolute atomic E-state index is 12.8. The van der Waals surface area contributed by atoms with E-state index in [-0.39, 0.29) is 11.1 Å². The first-order valence-electron chi connectivity index (χ1n) is 7.07. The highest BCUT2D eigenvalue weighted by Crippen LogP contribution is 2.32. The Hall–Kier alpha value is -2.45. The fourth-order valence-electron chi connectivity index (χ4n) is 2.09. The number of rotatable bonds is 4. The Morgan fingerprint density at radius 3 is 2.58 bits per heavy atom. The summed E-state index contributed by atoms with van der Waals surface area (Å²) in [4.78, 5) is 0. The average molecular weight is 352 g/mol. The van der Waals surface area contributed by atoms with Crippen molar-refractivity contribution in [2.45, 2.75) is 13.1 Å². The fourth-order valence-corrected chi connectivity index (χ4v) is 2.33. The van der Waals surface area contributed by atoms with Gasteiger partial charge >= 0.3 is 6.18 Å². The van der Waals surface area contributed by atoms with Gasteiger partial charge in [-0.2, -0.15) is 18.4 Å². The first-order valence-corrected chi connectivity index (χ1v) is 7.44. The molecule has 124 valence electrons. The molecule has 0 amide bonds. The van der Waals surface area contributed by atoms with Crippen LogP contribution in [0.25, 0.3) is 11.6 Å². The molecule has 0 bridgehead atoms. The number of halogens is 4. The van der Waals surface area contributed by atoms with Gasteiger partial charge in [0.2, 0.25) is 0 Å². The van der Waals surface area contributed by atoms with E-state index in [1.807, 2.05) is 13.0 Å². The van der Waals surface area contributed by atoms with Crippen molar-refractivity contribution in [3.8, 4) is 11.8 Å². The van der Waals surface area contributed by atoms with Crippen LogP contribution in [0.3, 0.4) is 0 Å². The van der Waals surface area contributed by atoms with Crippen LogP contribution in [0.4, 0.5) is 13.2 Å². The van der Waals surface area contributed by atoms with E-state index >= 15 is 0 Å². The molecule has 0 aliphatic carbocycles. The number of ether oxygens (including phenoxy) is 1. The third-order valence-electron chi connectivity index (χ3n) is 3.19.